The third-order valence-electron chi connectivity index (χ3n) is 7.08. The van der Waals surface area contributed by atoms with Gasteiger partial charge in [0.1, 0.15) is 11.3 Å². The number of nitrogens with one attached hydrogen (secondary N) is 1. The molecule has 2 N–H and O–H groups in total. The monoisotopic (exact) mass is 527 g/mol. The number of benzene rings is 4. The average Bonchev–Trinajstić information content (AvgIpc) is 3.39. The number of carbonyl (C=O) groups excluding carboxylic acids is 1. The van der Waals surface area contributed by atoms with Crippen LogP contribution in [0.3, 0.4) is 0 Å². The lowest BCUT2D eigenvalue weighted by atomic mass is 9.96. The highest BCUT2D eigenvalue weighted by Crippen LogP contribution is 2.32. The molecule has 6 rings (SSSR count). The quantitative estimate of drug-likeness (QED) is 0.236. The van der Waals surface area contributed by atoms with Crippen molar-refractivity contribution < 1.29 is 19.2 Å². The van der Waals surface area contributed by atoms with Gasteiger partial charge in [-0.3, -0.25) is 9.78 Å². The highest BCUT2D eigenvalue weighted by Gasteiger charge is 2.22. The smallest absolute Gasteiger partial charge is 0.335 e. The molecule has 0 bridgehead atoms. The summed E-state index contributed by atoms with van der Waals surface area (Å²) in [6.45, 7) is 1.86. The third-order valence-corrected chi connectivity index (χ3v) is 7.08. The van der Waals surface area contributed by atoms with Crippen LogP contribution in [-0.4, -0.2) is 27.1 Å². The summed E-state index contributed by atoms with van der Waals surface area (Å²) in [6, 6.07) is 27.9. The maximum absolute atomic E-state index is 13.8. The molecule has 4 aromatic carbocycles. The predicted molar refractivity (Wildman–Crippen MR) is 153 cm³/mol. The van der Waals surface area contributed by atoms with Crippen LogP contribution in [0.25, 0.3) is 32.8 Å². The van der Waals surface area contributed by atoms with E-state index in [9.17, 15) is 14.7 Å². The van der Waals surface area contributed by atoms with E-state index in [0.29, 0.717) is 28.6 Å². The SMILES string of the molecule is C[C@H](NC(=O)c1cc(-c2ccccc2)cc2noc(Cc3ccc4ccncc4c3)c12)c1ccc(C(=O)O)cc1. The molecule has 2 aromatic heterocycles. The maximum atomic E-state index is 13.8. The molecule has 6 aromatic rings. The molecule has 0 unspecified atom stereocenters. The van der Waals surface area contributed by atoms with Crippen LogP contribution < -0.4 is 5.32 Å². The third kappa shape index (κ3) is 4.92. The Morgan fingerprint density at radius 2 is 1.70 bits per heavy atom. The van der Waals surface area contributed by atoms with E-state index in [4.69, 9.17) is 4.52 Å². The molecule has 0 fully saturated rings. The lowest BCUT2D eigenvalue weighted by molar-refractivity contribution is 0.0696. The van der Waals surface area contributed by atoms with Crippen molar-refractivity contribution in [2.45, 2.75) is 19.4 Å². The van der Waals surface area contributed by atoms with Crippen LogP contribution in [-0.2, 0) is 6.42 Å². The number of carbonyl (C=O) groups is 2. The number of aromatic nitrogens is 2. The highest BCUT2D eigenvalue weighted by molar-refractivity contribution is 6.09. The molecular weight excluding hydrogens is 502 g/mol. The molecule has 0 spiro atoms. The van der Waals surface area contributed by atoms with Crippen LogP contribution in [0.4, 0.5) is 0 Å². The fraction of sp³-hybridized carbons (Fsp3) is 0.0909. The molecule has 2 heterocycles. The molecule has 0 aliphatic rings. The molecule has 0 aliphatic heterocycles. The van der Waals surface area contributed by atoms with E-state index < -0.39 is 5.97 Å². The van der Waals surface area contributed by atoms with Crippen molar-refractivity contribution in [3.05, 3.63) is 131 Å². The number of amides is 1. The largest absolute Gasteiger partial charge is 0.478 e. The number of hydrogen-bond acceptors (Lipinski definition) is 5. The van der Waals surface area contributed by atoms with Gasteiger partial charge in [0.2, 0.25) is 0 Å². The number of aromatic carboxylic acids is 1. The number of rotatable bonds is 7. The fourth-order valence-electron chi connectivity index (χ4n) is 4.94. The predicted octanol–water partition coefficient (Wildman–Crippen LogP) is 6.82. The van der Waals surface area contributed by atoms with Gasteiger partial charge in [-0.25, -0.2) is 4.79 Å². The van der Waals surface area contributed by atoms with Crippen LogP contribution in [0.5, 0.6) is 0 Å². The van der Waals surface area contributed by atoms with Crippen molar-refractivity contribution >= 4 is 33.6 Å². The second kappa shape index (κ2) is 10.5. The van der Waals surface area contributed by atoms with Crippen molar-refractivity contribution in [2.75, 3.05) is 0 Å². The first-order valence-electron chi connectivity index (χ1n) is 12.9. The summed E-state index contributed by atoms with van der Waals surface area (Å²) in [7, 11) is 0. The number of nitrogens with zero attached hydrogens (tertiary/aromatic N) is 2. The van der Waals surface area contributed by atoms with Gasteiger partial charge in [0.05, 0.1) is 22.6 Å². The number of carboxylic acids is 1. The van der Waals surface area contributed by atoms with Crippen LogP contribution in [0.15, 0.2) is 108 Å². The van der Waals surface area contributed by atoms with Crippen molar-refractivity contribution in [1.29, 1.82) is 0 Å². The summed E-state index contributed by atoms with van der Waals surface area (Å²) in [5, 5.41) is 19.4. The molecule has 196 valence electrons. The lowest BCUT2D eigenvalue weighted by Crippen LogP contribution is -2.27. The van der Waals surface area contributed by atoms with E-state index >= 15 is 0 Å². The normalized spacial score (nSPS) is 11.9. The van der Waals surface area contributed by atoms with Gasteiger partial charge in [-0.1, -0.05) is 59.8 Å². The van der Waals surface area contributed by atoms with Crippen LogP contribution in [0, 0.1) is 0 Å². The number of pyridine rings is 1. The summed E-state index contributed by atoms with van der Waals surface area (Å²) >= 11 is 0. The van der Waals surface area contributed by atoms with Crippen molar-refractivity contribution in [3.8, 4) is 11.1 Å². The second-order valence-electron chi connectivity index (χ2n) is 9.75. The summed E-state index contributed by atoms with van der Waals surface area (Å²) in [6.07, 6.45) is 4.05. The Hall–Kier alpha value is -5.30. The Balaban J connectivity index is 1.39. The van der Waals surface area contributed by atoms with Crippen molar-refractivity contribution in [2.24, 2.45) is 0 Å². The van der Waals surface area contributed by atoms with Gasteiger partial charge in [0, 0.05) is 24.2 Å². The van der Waals surface area contributed by atoms with E-state index in [1.807, 2.05) is 73.8 Å². The Morgan fingerprint density at radius 1 is 0.900 bits per heavy atom. The Morgan fingerprint density at radius 3 is 2.48 bits per heavy atom. The lowest BCUT2D eigenvalue weighted by Gasteiger charge is -2.16. The Kier molecular flexibility index (Phi) is 6.54. The molecule has 0 saturated carbocycles. The zero-order chi connectivity index (χ0) is 27.6. The van der Waals surface area contributed by atoms with Gasteiger partial charge in [0.25, 0.3) is 5.91 Å². The van der Waals surface area contributed by atoms with Gasteiger partial charge >= 0.3 is 5.97 Å². The maximum Gasteiger partial charge on any atom is 0.335 e. The second-order valence-corrected chi connectivity index (χ2v) is 9.75. The Bertz CT molecular complexity index is 1860. The highest BCUT2D eigenvalue weighted by atomic mass is 16.5. The zero-order valence-corrected chi connectivity index (χ0v) is 21.7. The van der Waals surface area contributed by atoms with E-state index in [1.165, 1.54) is 12.1 Å². The molecule has 40 heavy (non-hydrogen) atoms. The first-order chi connectivity index (χ1) is 19.5. The minimum absolute atomic E-state index is 0.193. The van der Waals surface area contributed by atoms with Crippen LogP contribution >= 0.6 is 0 Å². The number of carboxylic acid groups (broad SMARTS) is 1. The van der Waals surface area contributed by atoms with Gasteiger partial charge in [0.15, 0.2) is 0 Å². The van der Waals surface area contributed by atoms with Crippen molar-refractivity contribution in [3.63, 3.8) is 0 Å². The topological polar surface area (TPSA) is 105 Å². The van der Waals surface area contributed by atoms with E-state index in [2.05, 4.69) is 21.5 Å². The molecular formula is C33H25N3O4. The van der Waals surface area contributed by atoms with Crippen LogP contribution in [0.2, 0.25) is 0 Å². The molecule has 7 nitrogen and oxygen atoms in total. The number of hydrogen-bond donors (Lipinski definition) is 2. The van der Waals surface area contributed by atoms with Crippen LogP contribution in [0.1, 0.15) is 50.6 Å². The van der Waals surface area contributed by atoms with Gasteiger partial charge < -0.3 is 14.9 Å². The van der Waals surface area contributed by atoms with Gasteiger partial charge in [-0.05, 0) is 71.0 Å². The summed E-state index contributed by atoms with van der Waals surface area (Å²) < 4.78 is 5.84. The number of fused-ring (bicyclic) bond motifs is 2. The van der Waals surface area contributed by atoms with E-state index in [-0.39, 0.29) is 17.5 Å². The minimum Gasteiger partial charge on any atom is -0.478 e. The minimum atomic E-state index is -0.994. The van der Waals surface area contributed by atoms with E-state index in [1.54, 1.807) is 18.3 Å². The average molecular weight is 528 g/mol. The summed E-state index contributed by atoms with van der Waals surface area (Å²) in [5.74, 6) is -0.669. The summed E-state index contributed by atoms with van der Waals surface area (Å²) in [5.41, 5.74) is 4.88. The summed E-state index contributed by atoms with van der Waals surface area (Å²) in [4.78, 5) is 29.3. The molecule has 0 radical (unpaired) electrons. The molecule has 0 saturated heterocycles. The first kappa shape index (κ1) is 25.0. The fourth-order valence-corrected chi connectivity index (χ4v) is 4.94. The molecule has 7 heteroatoms. The zero-order valence-electron chi connectivity index (χ0n) is 21.7. The van der Waals surface area contributed by atoms with Crippen molar-refractivity contribution in [1.82, 2.24) is 15.5 Å². The standard InChI is InChI=1S/C33H25N3O4/c1-20(22-9-11-25(12-10-22)33(38)39)35-32(37)28-17-26(23-5-3-2-4-6-23)18-29-31(28)30(40-36-29)16-21-7-8-24-13-14-34-19-27(24)15-21/h2-15,17-20H,16H2,1H3,(H,35,37)(H,38,39)/t20-/m0/s1. The van der Waals surface area contributed by atoms with Gasteiger partial charge in [-0.15, -0.1) is 0 Å². The van der Waals surface area contributed by atoms with E-state index in [0.717, 1.165) is 33.0 Å². The molecule has 0 aliphatic carbocycles. The Labute approximate surface area is 230 Å². The first-order valence-corrected chi connectivity index (χ1v) is 12.9. The molecule has 1 amide bonds. The molecule has 1 atom stereocenters. The van der Waals surface area contributed by atoms with Gasteiger partial charge in [-0.2, -0.15) is 0 Å².